The fourth-order valence-corrected chi connectivity index (χ4v) is 2.42. The van der Waals surface area contributed by atoms with Crippen molar-refractivity contribution in [2.24, 2.45) is 5.84 Å². The maximum atomic E-state index is 13.6. The molecule has 2 aromatic carbocycles. The van der Waals surface area contributed by atoms with Crippen LogP contribution in [-0.4, -0.2) is 7.11 Å². The molecule has 0 aliphatic heterocycles. The number of hydrogen-bond acceptors (Lipinski definition) is 3. The molecule has 0 saturated carbocycles. The molecule has 3 N–H and O–H groups in total. The molecule has 2 rings (SSSR count). The van der Waals surface area contributed by atoms with Crippen LogP contribution in [0, 0.1) is 5.82 Å². The average molecular weight is 325 g/mol. The third kappa shape index (κ3) is 2.94. The molecule has 1 atom stereocenters. The molecule has 0 fully saturated rings. The number of hydrazine groups is 1. The SMILES string of the molecule is COc1cccc(C(NN)c2cccc(F)c2Br)c1. The molecule has 0 aromatic heterocycles. The summed E-state index contributed by atoms with van der Waals surface area (Å²) in [7, 11) is 1.60. The maximum absolute atomic E-state index is 13.6. The van der Waals surface area contributed by atoms with Crippen LogP contribution in [0.15, 0.2) is 46.9 Å². The average Bonchev–Trinajstić information content (AvgIpc) is 2.44. The van der Waals surface area contributed by atoms with E-state index in [4.69, 9.17) is 10.6 Å². The lowest BCUT2D eigenvalue weighted by molar-refractivity contribution is 0.413. The van der Waals surface area contributed by atoms with Gasteiger partial charge in [0.2, 0.25) is 0 Å². The van der Waals surface area contributed by atoms with Gasteiger partial charge in [-0.2, -0.15) is 0 Å². The van der Waals surface area contributed by atoms with Crippen LogP contribution in [0.2, 0.25) is 0 Å². The summed E-state index contributed by atoms with van der Waals surface area (Å²) in [6, 6.07) is 12.0. The highest BCUT2D eigenvalue weighted by Gasteiger charge is 2.17. The first-order chi connectivity index (χ1) is 9.17. The lowest BCUT2D eigenvalue weighted by Crippen LogP contribution is -2.29. The summed E-state index contributed by atoms with van der Waals surface area (Å²) in [6.07, 6.45) is 0. The zero-order valence-corrected chi connectivity index (χ0v) is 11.9. The van der Waals surface area contributed by atoms with Gasteiger partial charge in [0.05, 0.1) is 17.6 Å². The van der Waals surface area contributed by atoms with Gasteiger partial charge in [0.15, 0.2) is 0 Å². The van der Waals surface area contributed by atoms with E-state index in [1.54, 1.807) is 13.2 Å². The number of rotatable bonds is 4. The highest BCUT2D eigenvalue weighted by molar-refractivity contribution is 9.10. The second-order valence-electron chi connectivity index (χ2n) is 4.02. The Kier molecular flexibility index (Phi) is 4.52. The van der Waals surface area contributed by atoms with Gasteiger partial charge in [-0.15, -0.1) is 0 Å². The van der Waals surface area contributed by atoms with Crippen LogP contribution in [-0.2, 0) is 0 Å². The Bertz CT molecular complexity index is 577. The van der Waals surface area contributed by atoms with Crippen LogP contribution in [0.25, 0.3) is 0 Å². The van der Waals surface area contributed by atoms with Crippen molar-refractivity contribution in [1.82, 2.24) is 5.43 Å². The van der Waals surface area contributed by atoms with E-state index in [2.05, 4.69) is 21.4 Å². The summed E-state index contributed by atoms with van der Waals surface area (Å²) >= 11 is 3.25. The summed E-state index contributed by atoms with van der Waals surface area (Å²) in [6.45, 7) is 0. The third-order valence-corrected chi connectivity index (χ3v) is 3.72. The first-order valence-electron chi connectivity index (χ1n) is 5.71. The van der Waals surface area contributed by atoms with Crippen LogP contribution < -0.4 is 16.0 Å². The van der Waals surface area contributed by atoms with Crippen molar-refractivity contribution < 1.29 is 9.13 Å². The maximum Gasteiger partial charge on any atom is 0.137 e. The van der Waals surface area contributed by atoms with Crippen molar-refractivity contribution >= 4 is 15.9 Å². The van der Waals surface area contributed by atoms with E-state index in [0.717, 1.165) is 16.9 Å². The number of ether oxygens (including phenoxy) is 1. The summed E-state index contributed by atoms with van der Waals surface area (Å²) in [5.74, 6) is 6.02. The third-order valence-electron chi connectivity index (χ3n) is 2.89. The molecule has 0 saturated heterocycles. The molecule has 19 heavy (non-hydrogen) atoms. The van der Waals surface area contributed by atoms with Gasteiger partial charge in [-0.05, 0) is 45.3 Å². The van der Waals surface area contributed by atoms with Gasteiger partial charge in [-0.1, -0.05) is 24.3 Å². The van der Waals surface area contributed by atoms with Gasteiger partial charge in [0.1, 0.15) is 11.6 Å². The normalized spacial score (nSPS) is 12.2. The molecule has 0 aliphatic rings. The van der Waals surface area contributed by atoms with Crippen molar-refractivity contribution in [3.8, 4) is 5.75 Å². The van der Waals surface area contributed by atoms with Crippen molar-refractivity contribution in [3.05, 3.63) is 63.9 Å². The fraction of sp³-hybridized carbons (Fsp3) is 0.143. The van der Waals surface area contributed by atoms with Gasteiger partial charge in [0, 0.05) is 0 Å². The molecule has 0 bridgehead atoms. The van der Waals surface area contributed by atoms with Gasteiger partial charge < -0.3 is 4.74 Å². The highest BCUT2D eigenvalue weighted by Crippen LogP contribution is 2.31. The van der Waals surface area contributed by atoms with E-state index < -0.39 is 0 Å². The molecule has 0 spiro atoms. The Morgan fingerprint density at radius 3 is 2.68 bits per heavy atom. The minimum absolute atomic E-state index is 0.319. The largest absolute Gasteiger partial charge is 0.497 e. The second-order valence-corrected chi connectivity index (χ2v) is 4.81. The van der Waals surface area contributed by atoms with Crippen molar-refractivity contribution in [3.63, 3.8) is 0 Å². The van der Waals surface area contributed by atoms with Gasteiger partial charge >= 0.3 is 0 Å². The molecular formula is C14H14BrFN2O. The van der Waals surface area contributed by atoms with Crippen LogP contribution in [0.3, 0.4) is 0 Å². The molecule has 5 heteroatoms. The molecule has 0 amide bonds. The predicted octanol–water partition coefficient (Wildman–Crippen LogP) is 3.15. The molecule has 0 heterocycles. The standard InChI is InChI=1S/C14H14BrFN2O/c1-19-10-5-2-4-9(8-10)14(18-17)11-6-3-7-12(16)13(11)15/h2-8,14,18H,17H2,1H3. The Balaban J connectivity index is 2.46. The van der Waals surface area contributed by atoms with Crippen LogP contribution in [0.1, 0.15) is 17.2 Å². The topological polar surface area (TPSA) is 47.3 Å². The number of halogens is 2. The number of hydrogen-bond donors (Lipinski definition) is 2. The Labute approximate surface area is 119 Å². The summed E-state index contributed by atoms with van der Waals surface area (Å²) in [4.78, 5) is 0. The van der Waals surface area contributed by atoms with E-state index >= 15 is 0 Å². The second kappa shape index (κ2) is 6.14. The molecule has 1 unspecified atom stereocenters. The van der Waals surface area contributed by atoms with E-state index in [-0.39, 0.29) is 11.9 Å². The fourth-order valence-electron chi connectivity index (χ4n) is 1.93. The number of nitrogens with two attached hydrogens (primary N) is 1. The lowest BCUT2D eigenvalue weighted by atomic mass is 9.99. The highest BCUT2D eigenvalue weighted by atomic mass is 79.9. The van der Waals surface area contributed by atoms with Gasteiger partial charge in [0.25, 0.3) is 0 Å². The molecule has 2 aromatic rings. The van der Waals surface area contributed by atoms with Crippen molar-refractivity contribution in [2.75, 3.05) is 7.11 Å². The van der Waals surface area contributed by atoms with Crippen molar-refractivity contribution in [2.45, 2.75) is 6.04 Å². The summed E-state index contributed by atoms with van der Waals surface area (Å²) in [5, 5.41) is 0. The minimum Gasteiger partial charge on any atom is -0.497 e. The summed E-state index contributed by atoms with van der Waals surface area (Å²) < 4.78 is 19.2. The quantitative estimate of drug-likeness (QED) is 0.671. The first kappa shape index (κ1) is 14.0. The zero-order chi connectivity index (χ0) is 13.8. The predicted molar refractivity (Wildman–Crippen MR) is 76.3 cm³/mol. The monoisotopic (exact) mass is 324 g/mol. The van der Waals surface area contributed by atoms with E-state index in [9.17, 15) is 4.39 Å². The van der Waals surface area contributed by atoms with Crippen LogP contribution in [0.4, 0.5) is 4.39 Å². The number of nitrogens with one attached hydrogen (secondary N) is 1. The Morgan fingerprint density at radius 2 is 2.00 bits per heavy atom. The number of benzene rings is 2. The van der Waals surface area contributed by atoms with Crippen LogP contribution in [0.5, 0.6) is 5.75 Å². The van der Waals surface area contributed by atoms with E-state index in [1.165, 1.54) is 6.07 Å². The lowest BCUT2D eigenvalue weighted by Gasteiger charge is -2.19. The zero-order valence-electron chi connectivity index (χ0n) is 10.4. The van der Waals surface area contributed by atoms with Crippen molar-refractivity contribution in [1.29, 1.82) is 0 Å². The summed E-state index contributed by atoms with van der Waals surface area (Å²) in [5.41, 5.74) is 4.33. The smallest absolute Gasteiger partial charge is 0.137 e. The van der Waals surface area contributed by atoms with Gasteiger partial charge in [-0.3, -0.25) is 5.84 Å². The van der Waals surface area contributed by atoms with E-state index in [1.807, 2.05) is 30.3 Å². The van der Waals surface area contributed by atoms with E-state index in [0.29, 0.717) is 4.47 Å². The number of methoxy groups -OCH3 is 1. The Morgan fingerprint density at radius 1 is 1.26 bits per heavy atom. The molecule has 3 nitrogen and oxygen atoms in total. The van der Waals surface area contributed by atoms with Gasteiger partial charge in [-0.25, -0.2) is 9.82 Å². The molecule has 0 radical (unpaired) electrons. The molecular weight excluding hydrogens is 311 g/mol. The van der Waals surface area contributed by atoms with Crippen LogP contribution >= 0.6 is 15.9 Å². The molecule has 0 aliphatic carbocycles. The first-order valence-corrected chi connectivity index (χ1v) is 6.50. The Hall–Kier alpha value is -1.43. The molecule has 100 valence electrons. The minimum atomic E-state index is -0.319.